The molecule has 1 aromatic heterocycles. The number of hydrogen-bond acceptors (Lipinski definition) is 3. The molecule has 1 saturated carbocycles. The molecule has 2 N–H and O–H groups in total. The number of aliphatic hydroxyl groups excluding tert-OH is 1. The molecule has 2 rings (SSSR count). The Bertz CT molecular complexity index is 425. The molecular weight excluding hydrogens is 266 g/mol. The molecule has 0 saturated heterocycles. The zero-order valence-corrected chi connectivity index (χ0v) is 12.8. The lowest BCUT2D eigenvalue weighted by Crippen LogP contribution is -2.26. The maximum absolute atomic E-state index is 11.5. The highest BCUT2D eigenvalue weighted by Crippen LogP contribution is 2.26. The molecule has 5 heteroatoms. The van der Waals surface area contributed by atoms with Gasteiger partial charge in [0.2, 0.25) is 5.91 Å². The normalized spacial score (nSPS) is 16.0. The molecule has 0 atom stereocenters. The maximum atomic E-state index is 11.5. The summed E-state index contributed by atoms with van der Waals surface area (Å²) in [4.78, 5) is 15.8. The highest BCUT2D eigenvalue weighted by atomic mass is 16.3. The average Bonchev–Trinajstić information content (AvgIpc) is 2.98. The van der Waals surface area contributed by atoms with Crippen molar-refractivity contribution in [3.8, 4) is 0 Å². The Morgan fingerprint density at radius 2 is 2.19 bits per heavy atom. The molecule has 1 fully saturated rings. The number of imidazole rings is 1. The van der Waals surface area contributed by atoms with E-state index in [2.05, 4.69) is 21.1 Å². The largest absolute Gasteiger partial charge is 0.395 e. The van der Waals surface area contributed by atoms with Gasteiger partial charge in [-0.15, -0.1) is 0 Å². The summed E-state index contributed by atoms with van der Waals surface area (Å²) >= 11 is 0. The van der Waals surface area contributed by atoms with Crippen LogP contribution in [0.25, 0.3) is 0 Å². The van der Waals surface area contributed by atoms with Gasteiger partial charge < -0.3 is 15.0 Å². The Morgan fingerprint density at radius 1 is 1.38 bits per heavy atom. The molecule has 0 aromatic carbocycles. The Hall–Kier alpha value is -1.36. The van der Waals surface area contributed by atoms with Crippen LogP contribution in [0.3, 0.4) is 0 Å². The summed E-state index contributed by atoms with van der Waals surface area (Å²) in [6, 6.07) is 0. The third-order valence-corrected chi connectivity index (χ3v) is 4.25. The van der Waals surface area contributed by atoms with E-state index < -0.39 is 0 Å². The first-order valence-corrected chi connectivity index (χ1v) is 8.16. The van der Waals surface area contributed by atoms with Crippen LogP contribution in [0.15, 0.2) is 12.5 Å². The van der Waals surface area contributed by atoms with Crippen molar-refractivity contribution in [3.63, 3.8) is 0 Å². The predicted molar refractivity (Wildman–Crippen MR) is 81.8 cm³/mol. The molecule has 1 heterocycles. The van der Waals surface area contributed by atoms with Gasteiger partial charge in [0.15, 0.2) is 0 Å². The number of rotatable bonds is 8. The summed E-state index contributed by atoms with van der Waals surface area (Å²) in [5, 5.41) is 11.3. The standard InChI is InChI=1S/C16H27N3O2/c20-11-9-17-16(21)7-6-15-12-19(13-18-15)10-8-14-4-2-1-3-5-14/h12-14,20H,1-11H2,(H,17,21). The molecule has 21 heavy (non-hydrogen) atoms. The van der Waals surface area contributed by atoms with Gasteiger partial charge in [-0.1, -0.05) is 32.1 Å². The Morgan fingerprint density at radius 3 is 2.95 bits per heavy atom. The molecule has 1 aliphatic rings. The van der Waals surface area contributed by atoms with Gasteiger partial charge in [0.25, 0.3) is 0 Å². The van der Waals surface area contributed by atoms with Crippen LogP contribution in [-0.2, 0) is 17.8 Å². The lowest BCUT2D eigenvalue weighted by atomic mass is 9.87. The molecule has 0 unspecified atom stereocenters. The van der Waals surface area contributed by atoms with Gasteiger partial charge in [-0.25, -0.2) is 4.98 Å². The van der Waals surface area contributed by atoms with Gasteiger partial charge in [-0.05, 0) is 18.8 Å². The minimum atomic E-state index is -0.0270. The van der Waals surface area contributed by atoms with Crippen molar-refractivity contribution < 1.29 is 9.90 Å². The third kappa shape index (κ3) is 5.87. The molecule has 1 aliphatic carbocycles. The van der Waals surface area contributed by atoms with Crippen LogP contribution < -0.4 is 5.32 Å². The number of nitrogens with one attached hydrogen (secondary N) is 1. The monoisotopic (exact) mass is 293 g/mol. The molecule has 0 radical (unpaired) electrons. The van der Waals surface area contributed by atoms with E-state index in [1.165, 1.54) is 38.5 Å². The molecule has 1 amide bonds. The summed E-state index contributed by atoms with van der Waals surface area (Å²) in [6.45, 7) is 1.35. The smallest absolute Gasteiger partial charge is 0.220 e. The number of aliphatic hydroxyl groups is 1. The first-order valence-electron chi connectivity index (χ1n) is 8.16. The van der Waals surface area contributed by atoms with Gasteiger partial charge in [0.05, 0.1) is 18.6 Å². The molecule has 118 valence electrons. The van der Waals surface area contributed by atoms with Crippen molar-refractivity contribution in [2.24, 2.45) is 5.92 Å². The quantitative estimate of drug-likeness (QED) is 0.769. The predicted octanol–water partition coefficient (Wildman–Crippen LogP) is 1.89. The highest BCUT2D eigenvalue weighted by Gasteiger charge is 2.13. The lowest BCUT2D eigenvalue weighted by Gasteiger charge is -2.21. The fourth-order valence-electron chi connectivity index (χ4n) is 2.99. The molecule has 0 aliphatic heterocycles. The van der Waals surface area contributed by atoms with Crippen LogP contribution in [0.1, 0.15) is 50.6 Å². The molecule has 0 bridgehead atoms. The van der Waals surface area contributed by atoms with E-state index in [1.54, 1.807) is 0 Å². The minimum Gasteiger partial charge on any atom is -0.395 e. The second-order valence-electron chi connectivity index (χ2n) is 5.97. The van der Waals surface area contributed by atoms with E-state index in [9.17, 15) is 4.79 Å². The van der Waals surface area contributed by atoms with Crippen molar-refractivity contribution in [2.45, 2.75) is 57.9 Å². The van der Waals surface area contributed by atoms with E-state index in [4.69, 9.17) is 5.11 Å². The van der Waals surface area contributed by atoms with Gasteiger partial charge in [-0.3, -0.25) is 4.79 Å². The van der Waals surface area contributed by atoms with E-state index in [0.717, 1.165) is 18.2 Å². The van der Waals surface area contributed by atoms with E-state index >= 15 is 0 Å². The maximum Gasteiger partial charge on any atom is 0.220 e. The Kier molecular flexibility index (Phi) is 6.73. The molecule has 0 spiro atoms. The van der Waals surface area contributed by atoms with Crippen molar-refractivity contribution in [1.29, 1.82) is 0 Å². The third-order valence-electron chi connectivity index (χ3n) is 4.25. The zero-order chi connectivity index (χ0) is 14.9. The second-order valence-corrected chi connectivity index (χ2v) is 5.97. The Balaban J connectivity index is 1.67. The molecular formula is C16H27N3O2. The van der Waals surface area contributed by atoms with Crippen LogP contribution in [0, 0.1) is 5.92 Å². The fraction of sp³-hybridized carbons (Fsp3) is 0.750. The average molecular weight is 293 g/mol. The minimum absolute atomic E-state index is 0.0124. The van der Waals surface area contributed by atoms with Crippen LogP contribution in [0.4, 0.5) is 0 Å². The summed E-state index contributed by atoms with van der Waals surface area (Å²) in [6.07, 6.45) is 13.2. The van der Waals surface area contributed by atoms with Crippen molar-refractivity contribution in [2.75, 3.05) is 13.2 Å². The van der Waals surface area contributed by atoms with Crippen LogP contribution in [-0.4, -0.2) is 33.7 Å². The Labute approximate surface area is 126 Å². The molecule has 5 nitrogen and oxygen atoms in total. The van der Waals surface area contributed by atoms with Crippen molar-refractivity contribution in [1.82, 2.24) is 14.9 Å². The van der Waals surface area contributed by atoms with E-state index in [0.29, 0.717) is 19.4 Å². The van der Waals surface area contributed by atoms with Crippen LogP contribution in [0.2, 0.25) is 0 Å². The number of carbonyl (C=O) groups is 1. The van der Waals surface area contributed by atoms with Crippen molar-refractivity contribution in [3.05, 3.63) is 18.2 Å². The number of carbonyl (C=O) groups excluding carboxylic acids is 1. The number of amides is 1. The van der Waals surface area contributed by atoms with Gasteiger partial charge in [0, 0.05) is 25.7 Å². The highest BCUT2D eigenvalue weighted by molar-refractivity contribution is 5.76. The summed E-state index contributed by atoms with van der Waals surface area (Å²) in [7, 11) is 0. The van der Waals surface area contributed by atoms with Crippen molar-refractivity contribution >= 4 is 5.91 Å². The van der Waals surface area contributed by atoms with Gasteiger partial charge >= 0.3 is 0 Å². The van der Waals surface area contributed by atoms with Gasteiger partial charge in [0.1, 0.15) is 0 Å². The number of aromatic nitrogens is 2. The fourth-order valence-corrected chi connectivity index (χ4v) is 2.99. The summed E-state index contributed by atoms with van der Waals surface area (Å²) < 4.78 is 2.15. The van der Waals surface area contributed by atoms with E-state index in [1.807, 2.05) is 6.33 Å². The second kappa shape index (κ2) is 8.82. The van der Waals surface area contributed by atoms with Crippen LogP contribution >= 0.6 is 0 Å². The number of hydrogen-bond donors (Lipinski definition) is 2. The first-order chi connectivity index (χ1) is 10.3. The first kappa shape index (κ1) is 16.0. The number of aryl methyl sites for hydroxylation is 2. The van der Waals surface area contributed by atoms with E-state index in [-0.39, 0.29) is 12.5 Å². The number of nitrogens with zero attached hydrogens (tertiary/aromatic N) is 2. The molecule has 1 aromatic rings. The van der Waals surface area contributed by atoms with Gasteiger partial charge in [-0.2, -0.15) is 0 Å². The summed E-state index contributed by atoms with van der Waals surface area (Å²) in [5.41, 5.74) is 0.970. The lowest BCUT2D eigenvalue weighted by molar-refractivity contribution is -0.121. The summed E-state index contributed by atoms with van der Waals surface area (Å²) in [5.74, 6) is 0.856. The topological polar surface area (TPSA) is 67.2 Å². The zero-order valence-electron chi connectivity index (χ0n) is 12.8. The van der Waals surface area contributed by atoms with Crippen LogP contribution in [0.5, 0.6) is 0 Å². The SMILES string of the molecule is O=C(CCc1cn(CCC2CCCCC2)cn1)NCCO.